The molecular weight excluding hydrogens is 268 g/mol. The van der Waals surface area contributed by atoms with E-state index in [-0.39, 0.29) is 18.7 Å². The van der Waals surface area contributed by atoms with Gasteiger partial charge in [0, 0.05) is 17.6 Å². The molecule has 0 aliphatic heterocycles. The zero-order chi connectivity index (χ0) is 16.3. The predicted molar refractivity (Wildman–Crippen MR) is 83.8 cm³/mol. The Balaban J connectivity index is 4.23. The quantitative estimate of drug-likeness (QED) is 0.329. The molecule has 21 heavy (non-hydrogen) atoms. The van der Waals surface area contributed by atoms with Gasteiger partial charge in [-0.1, -0.05) is 39.3 Å². The van der Waals surface area contributed by atoms with Gasteiger partial charge in [-0.15, -0.1) is 0 Å². The number of rotatable bonds is 11. The van der Waals surface area contributed by atoms with Gasteiger partial charge in [-0.25, -0.2) is 9.59 Å². The lowest BCUT2D eigenvalue weighted by atomic mass is 10.1. The fourth-order valence-corrected chi connectivity index (χ4v) is 1.72. The summed E-state index contributed by atoms with van der Waals surface area (Å²) >= 11 is 0. The van der Waals surface area contributed by atoms with Crippen LogP contribution in [0.15, 0.2) is 24.3 Å². The molecule has 0 heterocycles. The molecule has 4 nitrogen and oxygen atoms in total. The molecule has 0 aliphatic rings. The number of carbonyl (C=O) groups is 2. The average Bonchev–Trinajstić information content (AvgIpc) is 2.42. The molecule has 0 rings (SSSR count). The molecule has 0 aromatic rings. The summed E-state index contributed by atoms with van der Waals surface area (Å²) in [4.78, 5) is 22.9. The first-order valence-electron chi connectivity index (χ1n) is 7.57. The van der Waals surface area contributed by atoms with Crippen molar-refractivity contribution in [3.63, 3.8) is 0 Å². The largest absolute Gasteiger partial charge is 0.462 e. The second-order valence-electron chi connectivity index (χ2n) is 5.36. The van der Waals surface area contributed by atoms with Gasteiger partial charge in [0.15, 0.2) is 0 Å². The van der Waals surface area contributed by atoms with E-state index in [9.17, 15) is 9.59 Å². The molecule has 0 saturated heterocycles. The van der Waals surface area contributed by atoms with Gasteiger partial charge in [0.1, 0.15) is 6.10 Å². The maximum Gasteiger partial charge on any atom is 0.333 e. The van der Waals surface area contributed by atoms with Crippen molar-refractivity contribution in [2.24, 2.45) is 0 Å². The van der Waals surface area contributed by atoms with Gasteiger partial charge in [0.05, 0.1) is 6.61 Å². The van der Waals surface area contributed by atoms with Gasteiger partial charge >= 0.3 is 11.9 Å². The Morgan fingerprint density at radius 3 is 2.10 bits per heavy atom. The van der Waals surface area contributed by atoms with E-state index >= 15 is 0 Å². The fourth-order valence-electron chi connectivity index (χ4n) is 1.72. The summed E-state index contributed by atoms with van der Waals surface area (Å²) in [7, 11) is 0. The Hall–Kier alpha value is -1.58. The topological polar surface area (TPSA) is 52.6 Å². The normalized spacial score (nSPS) is 11.6. The van der Waals surface area contributed by atoms with Crippen LogP contribution in [-0.4, -0.2) is 24.6 Å². The summed E-state index contributed by atoms with van der Waals surface area (Å²) in [5.41, 5.74) is 0.751. The second-order valence-corrected chi connectivity index (χ2v) is 5.36. The van der Waals surface area contributed by atoms with Crippen molar-refractivity contribution in [3.8, 4) is 0 Å². The van der Waals surface area contributed by atoms with Crippen LogP contribution in [0.4, 0.5) is 0 Å². The molecule has 0 radical (unpaired) electrons. The zero-order valence-corrected chi connectivity index (χ0v) is 13.6. The molecule has 0 aliphatic carbocycles. The minimum absolute atomic E-state index is 0.230. The molecule has 4 heteroatoms. The van der Waals surface area contributed by atoms with E-state index in [2.05, 4.69) is 20.1 Å². The first-order valence-corrected chi connectivity index (χ1v) is 7.57. The van der Waals surface area contributed by atoms with Gasteiger partial charge in [-0.05, 0) is 26.7 Å². The molecule has 0 N–H and O–H groups in total. The van der Waals surface area contributed by atoms with Crippen molar-refractivity contribution in [2.75, 3.05) is 6.61 Å². The third-order valence-corrected chi connectivity index (χ3v) is 3.02. The van der Waals surface area contributed by atoms with Crippen molar-refractivity contribution in [2.45, 2.75) is 65.4 Å². The lowest BCUT2D eigenvalue weighted by Gasteiger charge is -2.18. The molecule has 1 unspecified atom stereocenters. The van der Waals surface area contributed by atoms with Crippen LogP contribution in [0.1, 0.15) is 59.3 Å². The Labute approximate surface area is 128 Å². The molecule has 0 aromatic carbocycles. The highest BCUT2D eigenvalue weighted by molar-refractivity contribution is 5.87. The predicted octanol–water partition coefficient (Wildman–Crippen LogP) is 3.95. The van der Waals surface area contributed by atoms with Gasteiger partial charge in [0.2, 0.25) is 0 Å². The molecule has 0 bridgehead atoms. The number of hydrogen-bond donors (Lipinski definition) is 0. The third kappa shape index (κ3) is 9.88. The van der Waals surface area contributed by atoms with E-state index < -0.39 is 5.97 Å². The van der Waals surface area contributed by atoms with Crippen LogP contribution >= 0.6 is 0 Å². The van der Waals surface area contributed by atoms with Crippen LogP contribution < -0.4 is 0 Å². The van der Waals surface area contributed by atoms with Crippen molar-refractivity contribution in [1.82, 2.24) is 0 Å². The maximum absolute atomic E-state index is 11.6. The molecule has 0 aromatic heterocycles. The third-order valence-electron chi connectivity index (χ3n) is 3.02. The van der Waals surface area contributed by atoms with Crippen molar-refractivity contribution >= 4 is 11.9 Å². The molecule has 0 spiro atoms. The van der Waals surface area contributed by atoms with E-state index in [1.807, 2.05) is 0 Å². The summed E-state index contributed by atoms with van der Waals surface area (Å²) in [5.74, 6) is -0.798. The number of ether oxygens (including phenoxy) is 2. The van der Waals surface area contributed by atoms with E-state index in [1.54, 1.807) is 13.8 Å². The Morgan fingerprint density at radius 2 is 1.57 bits per heavy atom. The van der Waals surface area contributed by atoms with Gasteiger partial charge in [0.25, 0.3) is 0 Å². The van der Waals surface area contributed by atoms with E-state index in [0.29, 0.717) is 17.6 Å². The monoisotopic (exact) mass is 296 g/mol. The standard InChI is InChI=1S/C17H28O4/c1-6-7-8-9-10-15(21-17(19)14(4)5)11-12-20-16(18)13(2)3/h15H,2,4,6-12H2,1,3,5H3. The van der Waals surface area contributed by atoms with Crippen molar-refractivity contribution in [1.29, 1.82) is 0 Å². The van der Waals surface area contributed by atoms with Gasteiger partial charge in [-0.2, -0.15) is 0 Å². The molecule has 0 saturated carbocycles. The first kappa shape index (κ1) is 19.4. The Bertz CT molecular complexity index is 371. The highest BCUT2D eigenvalue weighted by Gasteiger charge is 2.16. The van der Waals surface area contributed by atoms with E-state index in [4.69, 9.17) is 9.47 Å². The Morgan fingerprint density at radius 1 is 0.952 bits per heavy atom. The zero-order valence-electron chi connectivity index (χ0n) is 13.6. The fraction of sp³-hybridized carbons (Fsp3) is 0.647. The van der Waals surface area contributed by atoms with Crippen molar-refractivity contribution < 1.29 is 19.1 Å². The highest BCUT2D eigenvalue weighted by atomic mass is 16.6. The van der Waals surface area contributed by atoms with E-state index in [1.165, 1.54) is 6.42 Å². The summed E-state index contributed by atoms with van der Waals surface area (Å²) < 4.78 is 10.4. The smallest absolute Gasteiger partial charge is 0.333 e. The van der Waals surface area contributed by atoms with Crippen molar-refractivity contribution in [3.05, 3.63) is 24.3 Å². The molecular formula is C17H28O4. The van der Waals surface area contributed by atoms with Crippen LogP contribution in [0.3, 0.4) is 0 Å². The first-order chi connectivity index (χ1) is 9.88. The minimum atomic E-state index is -0.411. The number of hydrogen-bond acceptors (Lipinski definition) is 4. The highest BCUT2D eigenvalue weighted by Crippen LogP contribution is 2.13. The summed E-state index contributed by atoms with van der Waals surface area (Å²) in [5, 5.41) is 0. The summed E-state index contributed by atoms with van der Waals surface area (Å²) in [6.45, 7) is 12.7. The number of unbranched alkanes of at least 4 members (excludes halogenated alkanes) is 3. The van der Waals surface area contributed by atoms with Crippen LogP contribution in [0.5, 0.6) is 0 Å². The van der Waals surface area contributed by atoms with Gasteiger partial charge < -0.3 is 9.47 Å². The Kier molecular flexibility index (Phi) is 10.3. The lowest BCUT2D eigenvalue weighted by molar-refractivity contribution is -0.146. The number of esters is 2. The van der Waals surface area contributed by atoms with Crippen LogP contribution in [0, 0.1) is 0 Å². The van der Waals surface area contributed by atoms with Crippen LogP contribution in [-0.2, 0) is 19.1 Å². The van der Waals surface area contributed by atoms with E-state index in [0.717, 1.165) is 25.7 Å². The maximum atomic E-state index is 11.6. The SMILES string of the molecule is C=C(C)C(=O)OCCC(CCCCCC)OC(=O)C(=C)C. The number of carbonyl (C=O) groups excluding carboxylic acids is 2. The molecule has 0 amide bonds. The van der Waals surface area contributed by atoms with Crippen LogP contribution in [0.2, 0.25) is 0 Å². The average molecular weight is 296 g/mol. The second kappa shape index (κ2) is 11.1. The molecule has 120 valence electrons. The van der Waals surface area contributed by atoms with Crippen LogP contribution in [0.25, 0.3) is 0 Å². The summed E-state index contributed by atoms with van der Waals surface area (Å²) in [6, 6.07) is 0. The molecule has 1 atom stereocenters. The summed E-state index contributed by atoms with van der Waals surface area (Å²) in [6.07, 6.45) is 5.50. The minimum Gasteiger partial charge on any atom is -0.462 e. The molecule has 0 fully saturated rings. The lowest BCUT2D eigenvalue weighted by Crippen LogP contribution is -2.21. The van der Waals surface area contributed by atoms with Gasteiger partial charge in [-0.3, -0.25) is 0 Å².